The van der Waals surface area contributed by atoms with E-state index in [2.05, 4.69) is 57.3 Å². The summed E-state index contributed by atoms with van der Waals surface area (Å²) in [5, 5.41) is 14.0. The number of rotatable bonds is 7. The Morgan fingerprint density at radius 3 is 1.73 bits per heavy atom. The Balaban J connectivity index is 0. The first kappa shape index (κ1) is 35.3. The number of amides is 1. The summed E-state index contributed by atoms with van der Waals surface area (Å²) in [5.41, 5.74) is 1.77. The molecule has 0 unspecified atom stereocenters. The molecule has 2 aromatic rings. The van der Waals surface area contributed by atoms with Crippen LogP contribution in [0.5, 0.6) is 0 Å². The average Bonchev–Trinajstić information content (AvgIpc) is 3.13. The maximum absolute atomic E-state index is 11.2. The van der Waals surface area contributed by atoms with Crippen LogP contribution in [0.25, 0.3) is 0 Å². The molecule has 1 aliphatic rings. The molecule has 1 amide bonds. The number of halogens is 1. The topological polar surface area (TPSA) is 64.6 Å². The van der Waals surface area contributed by atoms with Gasteiger partial charge in [-0.3, -0.25) is 4.90 Å². The molecular weight excluding hydrogens is 527 g/mol. The van der Waals surface area contributed by atoms with Gasteiger partial charge in [-0.2, -0.15) is 13.5 Å². The van der Waals surface area contributed by atoms with E-state index in [-0.39, 0.29) is 77.1 Å². The van der Waals surface area contributed by atoms with Gasteiger partial charge in [0, 0.05) is 25.0 Å². The van der Waals surface area contributed by atoms with Crippen LogP contribution >= 0.6 is 29.4 Å². The van der Waals surface area contributed by atoms with Crippen molar-refractivity contribution < 1.29 is 66.0 Å². The summed E-state index contributed by atoms with van der Waals surface area (Å²) in [6.45, 7) is 10.0. The Morgan fingerprint density at radius 1 is 1.03 bits per heavy atom. The number of benzene rings is 2. The molecule has 1 saturated heterocycles. The third kappa shape index (κ3) is 20.0. The van der Waals surface area contributed by atoms with E-state index in [1.807, 2.05) is 36.4 Å². The van der Waals surface area contributed by atoms with Gasteiger partial charge in [-0.25, -0.2) is 4.79 Å². The van der Waals surface area contributed by atoms with Crippen LogP contribution in [0.15, 0.2) is 60.7 Å². The van der Waals surface area contributed by atoms with Crippen LogP contribution in [0.3, 0.4) is 0 Å². The number of nitrogens with one attached hydrogen (secondary N) is 1. The fourth-order valence-corrected chi connectivity index (χ4v) is 2.69. The van der Waals surface area contributed by atoms with Crippen molar-refractivity contribution in [1.82, 2.24) is 10.2 Å². The van der Waals surface area contributed by atoms with Gasteiger partial charge in [-0.05, 0) is 17.5 Å². The van der Waals surface area contributed by atoms with Gasteiger partial charge in [0.05, 0.1) is 6.54 Å². The van der Waals surface area contributed by atoms with E-state index in [1.165, 1.54) is 17.5 Å². The van der Waals surface area contributed by atoms with Crippen molar-refractivity contribution in [3.63, 3.8) is 0 Å². The number of nitrogens with zero attached hydrogens (tertiary/aromatic N) is 1. The number of hydrogen-bond donors (Lipinski definition) is 1. The Hall–Kier alpha value is 0.0964. The number of alkyl halides is 1. The molecule has 1 heterocycles. The molecular formula is C25H38BrKN2O3S. The Morgan fingerprint density at radius 2 is 1.42 bits per heavy atom. The van der Waals surface area contributed by atoms with Crippen LogP contribution in [0.2, 0.25) is 0 Å². The minimum atomic E-state index is -0.750. The van der Waals surface area contributed by atoms with Gasteiger partial charge in [0.1, 0.15) is 6.10 Å². The van der Waals surface area contributed by atoms with Crippen LogP contribution in [0.4, 0.5) is 4.79 Å². The molecule has 33 heavy (non-hydrogen) atoms. The maximum atomic E-state index is 11.2. The second-order valence-electron chi connectivity index (χ2n) is 8.35. The Labute approximate surface area is 258 Å². The molecule has 1 N–H and O–H groups in total. The summed E-state index contributed by atoms with van der Waals surface area (Å²) < 4.78 is 5.28. The van der Waals surface area contributed by atoms with E-state index in [4.69, 9.17) is 4.74 Å². The molecule has 0 spiro atoms. The van der Waals surface area contributed by atoms with E-state index in [1.54, 1.807) is 20.8 Å². The zero-order chi connectivity index (χ0) is 23.1. The molecule has 5 nitrogen and oxygen atoms in total. The molecule has 3 rings (SSSR count). The predicted octanol–water partition coefficient (Wildman–Crippen LogP) is 1.85. The molecule has 0 saturated carbocycles. The van der Waals surface area contributed by atoms with Gasteiger partial charge >= 0.3 is 57.5 Å². The molecule has 0 aliphatic carbocycles. The zero-order valence-electron chi connectivity index (χ0n) is 20.6. The maximum Gasteiger partial charge on any atom is 1.00 e. The number of cyclic esters (lactones) is 1. The van der Waals surface area contributed by atoms with Crippen LogP contribution in [-0.4, -0.2) is 41.1 Å². The second-order valence-corrected chi connectivity index (χ2v) is 9.14. The second kappa shape index (κ2) is 20.3. The smallest absolute Gasteiger partial charge is 0.850 e. The fourth-order valence-electron chi connectivity index (χ4n) is 2.69. The first-order chi connectivity index (χ1) is 14.7. The molecule has 1 atom stereocenters. The van der Waals surface area contributed by atoms with Gasteiger partial charge in [0.15, 0.2) is 0 Å². The zero-order valence-corrected chi connectivity index (χ0v) is 26.4. The number of carbonyl (C=O) groups is 1. The molecule has 0 aromatic heterocycles. The Bertz CT molecular complexity index is 684. The van der Waals surface area contributed by atoms with E-state index in [0.717, 1.165) is 25.0 Å². The summed E-state index contributed by atoms with van der Waals surface area (Å²) in [5.74, 6) is 0. The third-order valence-corrected chi connectivity index (χ3v) is 4.69. The molecule has 0 radical (unpaired) electrons. The van der Waals surface area contributed by atoms with Gasteiger partial charge in [0.2, 0.25) is 0 Å². The largest absolute Gasteiger partial charge is 1.00 e. The van der Waals surface area contributed by atoms with Gasteiger partial charge in [-0.15, -0.1) is 5.60 Å². The van der Waals surface area contributed by atoms with Crippen LogP contribution < -0.4 is 61.8 Å². The normalized spacial score (nSPS) is 14.3. The van der Waals surface area contributed by atoms with Crippen molar-refractivity contribution in [3.05, 3.63) is 71.8 Å². The van der Waals surface area contributed by atoms with Crippen molar-refractivity contribution in [2.75, 3.05) is 18.4 Å². The number of ether oxygens (including phenoxy) is 1. The summed E-state index contributed by atoms with van der Waals surface area (Å²) in [7, 11) is 0. The van der Waals surface area contributed by atoms with Crippen molar-refractivity contribution in [3.8, 4) is 0 Å². The first-order valence-electron chi connectivity index (χ1n) is 10.7. The van der Waals surface area contributed by atoms with Gasteiger partial charge in [0.25, 0.3) is 0 Å². The van der Waals surface area contributed by atoms with Crippen molar-refractivity contribution >= 4 is 35.5 Å². The summed E-state index contributed by atoms with van der Waals surface area (Å²) in [6.07, 6.45) is 0.837. The molecule has 2 aromatic carbocycles. The van der Waals surface area contributed by atoms with Crippen LogP contribution in [-0.2, 0) is 17.8 Å². The van der Waals surface area contributed by atoms with Gasteiger partial charge in [-0.1, -0.05) is 104 Å². The van der Waals surface area contributed by atoms with Gasteiger partial charge < -0.3 is 15.2 Å². The first-order valence-corrected chi connectivity index (χ1v) is 11.8. The SMILES string of the molecule is CC(C)(C)[O-].CCCBr.O=C1NC[C@@H](CN(Cc2ccccc2)Cc2ccccc2)O1.S.[K+]. The van der Waals surface area contributed by atoms with Crippen molar-refractivity contribution in [2.24, 2.45) is 0 Å². The number of carbonyl (C=O) groups excluding carboxylic acids is 1. The average molecular weight is 566 g/mol. The minimum Gasteiger partial charge on any atom is -0.850 e. The molecule has 8 heteroatoms. The van der Waals surface area contributed by atoms with Crippen LogP contribution in [0, 0.1) is 0 Å². The number of alkyl carbamates (subject to hydrolysis) is 1. The molecule has 1 aliphatic heterocycles. The quantitative estimate of drug-likeness (QED) is 0.411. The van der Waals surface area contributed by atoms with E-state index < -0.39 is 5.60 Å². The number of hydrogen-bond acceptors (Lipinski definition) is 4. The van der Waals surface area contributed by atoms with Crippen molar-refractivity contribution in [2.45, 2.75) is 58.9 Å². The van der Waals surface area contributed by atoms with E-state index in [0.29, 0.717) is 6.54 Å². The molecule has 0 bridgehead atoms. The molecule has 1 fully saturated rings. The standard InChI is InChI=1S/C18H20N2O2.C4H9O.C3H7Br.K.H2S/c21-18-19-11-17(22-18)14-20(12-15-7-3-1-4-8-15)13-16-9-5-2-6-10-16;1-4(2,3)5;1-2-3-4;;/h1-10,17H,11-14H2,(H,19,21);1-3H3;2-3H2,1H3;;1H2/q;-1;;+1;/t17-;;;;/m0..../s1. The van der Waals surface area contributed by atoms with Crippen molar-refractivity contribution in [1.29, 1.82) is 0 Å². The predicted molar refractivity (Wildman–Crippen MR) is 139 cm³/mol. The Kier molecular flexibility index (Phi) is 21.7. The summed E-state index contributed by atoms with van der Waals surface area (Å²) in [6, 6.07) is 20.7. The summed E-state index contributed by atoms with van der Waals surface area (Å²) in [4.78, 5) is 13.5. The third-order valence-electron chi connectivity index (χ3n) is 3.90. The summed E-state index contributed by atoms with van der Waals surface area (Å²) >= 11 is 3.25. The monoisotopic (exact) mass is 564 g/mol. The minimum absolute atomic E-state index is 0. The van der Waals surface area contributed by atoms with E-state index >= 15 is 0 Å². The van der Waals surface area contributed by atoms with E-state index in [9.17, 15) is 9.90 Å². The molecule has 180 valence electrons. The fraction of sp³-hybridized carbons (Fsp3) is 0.480. The van der Waals surface area contributed by atoms with Crippen LogP contribution in [0.1, 0.15) is 45.2 Å².